The van der Waals surface area contributed by atoms with E-state index in [4.69, 9.17) is 15.6 Å². The van der Waals surface area contributed by atoms with Crippen LogP contribution in [-0.2, 0) is 6.61 Å². The van der Waals surface area contributed by atoms with E-state index in [0.717, 1.165) is 0 Å². The molecular formula is C14H13NO3. The summed E-state index contributed by atoms with van der Waals surface area (Å²) in [5.74, 6) is -0.306. The summed E-state index contributed by atoms with van der Waals surface area (Å²) in [5.41, 5.74) is 6.77. The van der Waals surface area contributed by atoms with Crippen LogP contribution in [0, 0.1) is 0 Å². The lowest BCUT2D eigenvalue weighted by Gasteiger charge is -2.09. The van der Waals surface area contributed by atoms with E-state index in [2.05, 4.69) is 0 Å². The molecule has 3 N–H and O–H groups in total. The van der Waals surface area contributed by atoms with Crippen molar-refractivity contribution < 1.29 is 14.6 Å². The smallest absolute Gasteiger partial charge is 0.336 e. The molecule has 0 amide bonds. The number of ether oxygens (including phenoxy) is 1. The summed E-state index contributed by atoms with van der Waals surface area (Å²) in [6, 6.07) is 14.0. The van der Waals surface area contributed by atoms with Gasteiger partial charge in [-0.2, -0.15) is 0 Å². The first-order valence-electron chi connectivity index (χ1n) is 5.46. The molecule has 0 aliphatic carbocycles. The third kappa shape index (κ3) is 2.79. The van der Waals surface area contributed by atoms with Crippen LogP contribution < -0.4 is 10.5 Å². The predicted octanol–water partition coefficient (Wildman–Crippen LogP) is 2.55. The number of carboxylic acids is 1. The first kappa shape index (κ1) is 12.0. The number of para-hydroxylation sites is 1. The molecule has 0 atom stereocenters. The van der Waals surface area contributed by atoms with Crippen LogP contribution in [0.5, 0.6) is 5.75 Å². The summed E-state index contributed by atoms with van der Waals surface area (Å²) in [4.78, 5) is 11.1. The molecule has 92 valence electrons. The average Bonchev–Trinajstić information content (AvgIpc) is 2.38. The summed E-state index contributed by atoms with van der Waals surface area (Å²) in [6.07, 6.45) is 0. The molecule has 0 aliphatic rings. The molecule has 0 saturated heterocycles. The molecule has 2 rings (SSSR count). The second-order valence-electron chi connectivity index (χ2n) is 3.82. The Morgan fingerprint density at radius 1 is 1.17 bits per heavy atom. The van der Waals surface area contributed by atoms with Crippen molar-refractivity contribution in [3.8, 4) is 5.75 Å². The summed E-state index contributed by atoms with van der Waals surface area (Å²) >= 11 is 0. The molecule has 0 saturated carbocycles. The van der Waals surface area contributed by atoms with Crippen molar-refractivity contribution in [1.29, 1.82) is 0 Å². The van der Waals surface area contributed by atoms with Crippen LogP contribution in [0.1, 0.15) is 15.9 Å². The summed E-state index contributed by atoms with van der Waals surface area (Å²) in [7, 11) is 0. The van der Waals surface area contributed by atoms with Crippen LogP contribution in [0.25, 0.3) is 0 Å². The van der Waals surface area contributed by atoms with Crippen LogP contribution in [0.3, 0.4) is 0 Å². The average molecular weight is 243 g/mol. The predicted molar refractivity (Wildman–Crippen MR) is 68.6 cm³/mol. The van der Waals surface area contributed by atoms with Gasteiger partial charge in [-0.25, -0.2) is 4.79 Å². The zero-order valence-electron chi connectivity index (χ0n) is 9.67. The minimum Gasteiger partial charge on any atom is -0.489 e. The summed E-state index contributed by atoms with van der Waals surface area (Å²) < 4.78 is 5.52. The van der Waals surface area contributed by atoms with Crippen molar-refractivity contribution in [1.82, 2.24) is 0 Å². The van der Waals surface area contributed by atoms with Crippen LogP contribution in [0.2, 0.25) is 0 Å². The molecule has 0 radical (unpaired) electrons. The van der Waals surface area contributed by atoms with E-state index < -0.39 is 5.97 Å². The molecule has 4 nitrogen and oxygen atoms in total. The van der Waals surface area contributed by atoms with E-state index in [1.807, 2.05) is 30.3 Å². The van der Waals surface area contributed by atoms with Gasteiger partial charge in [0.1, 0.15) is 12.4 Å². The van der Waals surface area contributed by atoms with Gasteiger partial charge in [-0.3, -0.25) is 0 Å². The molecule has 0 aromatic heterocycles. The molecule has 18 heavy (non-hydrogen) atoms. The fourth-order valence-electron chi connectivity index (χ4n) is 1.60. The first-order chi connectivity index (χ1) is 8.66. The number of rotatable bonds is 4. The highest BCUT2D eigenvalue weighted by molar-refractivity contribution is 5.90. The summed E-state index contributed by atoms with van der Waals surface area (Å²) in [6.45, 7) is 0.200. The van der Waals surface area contributed by atoms with Gasteiger partial charge in [-0.1, -0.05) is 24.3 Å². The highest BCUT2D eigenvalue weighted by Crippen LogP contribution is 2.17. The van der Waals surface area contributed by atoms with Crippen LogP contribution >= 0.6 is 0 Å². The first-order valence-corrected chi connectivity index (χ1v) is 5.46. The maximum absolute atomic E-state index is 11.1. The molecule has 0 heterocycles. The highest BCUT2D eigenvalue weighted by Gasteiger charge is 2.10. The Bertz CT molecular complexity index is 552. The number of carbonyl (C=O) groups is 1. The van der Waals surface area contributed by atoms with Crippen molar-refractivity contribution >= 4 is 11.7 Å². The van der Waals surface area contributed by atoms with Crippen LogP contribution in [0.15, 0.2) is 48.5 Å². The molecular weight excluding hydrogens is 230 g/mol. The van der Waals surface area contributed by atoms with Crippen molar-refractivity contribution in [3.63, 3.8) is 0 Å². The van der Waals surface area contributed by atoms with E-state index in [1.165, 1.54) is 6.07 Å². The lowest BCUT2D eigenvalue weighted by Crippen LogP contribution is -2.06. The number of carboxylic acid groups (broad SMARTS) is 1. The number of hydrogen-bond donors (Lipinski definition) is 2. The third-order valence-corrected chi connectivity index (χ3v) is 2.50. The third-order valence-electron chi connectivity index (χ3n) is 2.50. The Labute approximate surface area is 105 Å². The van der Waals surface area contributed by atoms with Gasteiger partial charge in [0, 0.05) is 11.3 Å². The van der Waals surface area contributed by atoms with Crippen molar-refractivity contribution in [2.75, 3.05) is 5.73 Å². The second-order valence-corrected chi connectivity index (χ2v) is 3.82. The number of hydrogen-bond acceptors (Lipinski definition) is 3. The SMILES string of the molecule is Nc1ccc(COc2ccccc2)c(C(=O)O)c1. The molecule has 0 aliphatic heterocycles. The Morgan fingerprint density at radius 2 is 1.89 bits per heavy atom. The van der Waals surface area contributed by atoms with E-state index in [-0.39, 0.29) is 12.2 Å². The van der Waals surface area contributed by atoms with E-state index >= 15 is 0 Å². The zero-order chi connectivity index (χ0) is 13.0. The quantitative estimate of drug-likeness (QED) is 0.809. The lowest BCUT2D eigenvalue weighted by molar-refractivity contribution is 0.0694. The standard InChI is InChI=1S/C14H13NO3/c15-11-7-6-10(13(8-11)14(16)17)9-18-12-4-2-1-3-5-12/h1-8H,9,15H2,(H,16,17). The maximum Gasteiger partial charge on any atom is 0.336 e. The van der Waals surface area contributed by atoms with Gasteiger partial charge >= 0.3 is 5.97 Å². The Morgan fingerprint density at radius 3 is 2.56 bits per heavy atom. The van der Waals surface area contributed by atoms with Gasteiger partial charge < -0.3 is 15.6 Å². The normalized spacial score (nSPS) is 10.0. The number of anilines is 1. The van der Waals surface area contributed by atoms with Gasteiger partial charge in [-0.05, 0) is 24.3 Å². The van der Waals surface area contributed by atoms with Gasteiger partial charge in [0.2, 0.25) is 0 Å². The topological polar surface area (TPSA) is 72.5 Å². The zero-order valence-corrected chi connectivity index (χ0v) is 9.67. The van der Waals surface area contributed by atoms with Crippen molar-refractivity contribution in [2.45, 2.75) is 6.61 Å². The number of benzene rings is 2. The molecule has 2 aromatic carbocycles. The minimum atomic E-state index is -1.01. The van der Waals surface area contributed by atoms with E-state index in [9.17, 15) is 4.79 Å². The number of nitrogen functional groups attached to an aromatic ring is 1. The van der Waals surface area contributed by atoms with Crippen molar-refractivity contribution in [3.05, 3.63) is 59.7 Å². The Kier molecular flexibility index (Phi) is 3.48. The van der Waals surface area contributed by atoms with Gasteiger partial charge in [0.25, 0.3) is 0 Å². The molecule has 2 aromatic rings. The molecule has 0 unspecified atom stereocenters. The summed E-state index contributed by atoms with van der Waals surface area (Å²) in [5, 5.41) is 9.08. The van der Waals surface area contributed by atoms with Gasteiger partial charge in [0.15, 0.2) is 0 Å². The monoisotopic (exact) mass is 243 g/mol. The van der Waals surface area contributed by atoms with Crippen LogP contribution in [0.4, 0.5) is 5.69 Å². The molecule has 0 spiro atoms. The highest BCUT2D eigenvalue weighted by atomic mass is 16.5. The lowest BCUT2D eigenvalue weighted by atomic mass is 10.1. The molecule has 0 fully saturated rings. The molecule has 4 heteroatoms. The van der Waals surface area contributed by atoms with E-state index in [1.54, 1.807) is 12.1 Å². The number of nitrogens with two attached hydrogens (primary N) is 1. The Hall–Kier alpha value is -2.49. The maximum atomic E-state index is 11.1. The number of aromatic carboxylic acids is 1. The fourth-order valence-corrected chi connectivity index (χ4v) is 1.60. The second kappa shape index (κ2) is 5.23. The largest absolute Gasteiger partial charge is 0.489 e. The van der Waals surface area contributed by atoms with Gasteiger partial charge in [0.05, 0.1) is 5.56 Å². The van der Waals surface area contributed by atoms with E-state index in [0.29, 0.717) is 17.0 Å². The fraction of sp³-hybridized carbons (Fsp3) is 0.0714. The van der Waals surface area contributed by atoms with Crippen molar-refractivity contribution in [2.24, 2.45) is 0 Å². The Balaban J connectivity index is 2.17. The molecule has 0 bridgehead atoms. The van der Waals surface area contributed by atoms with Gasteiger partial charge in [-0.15, -0.1) is 0 Å². The van der Waals surface area contributed by atoms with Crippen LogP contribution in [-0.4, -0.2) is 11.1 Å². The minimum absolute atomic E-state index is 0.172.